The number of benzene rings is 1. The summed E-state index contributed by atoms with van der Waals surface area (Å²) in [4.78, 5) is 11.4. The van der Waals surface area contributed by atoms with Crippen LogP contribution < -0.4 is 4.74 Å². The summed E-state index contributed by atoms with van der Waals surface area (Å²) in [5, 5.41) is 0.695. The topological polar surface area (TPSA) is 44.8 Å². The number of ether oxygens (including phenoxy) is 3. The van der Waals surface area contributed by atoms with E-state index in [1.165, 1.54) is 7.11 Å². The zero-order valence-electron chi connectivity index (χ0n) is 12.2. The van der Waals surface area contributed by atoms with Crippen LogP contribution in [-0.4, -0.2) is 32.4 Å². The summed E-state index contributed by atoms with van der Waals surface area (Å²) in [6.45, 7) is 1.06. The van der Waals surface area contributed by atoms with Gasteiger partial charge in [0.25, 0.3) is 0 Å². The molecule has 1 aromatic carbocycles. The summed E-state index contributed by atoms with van der Waals surface area (Å²) in [6.07, 6.45) is 3.71. The van der Waals surface area contributed by atoms with E-state index in [1.54, 1.807) is 12.1 Å². The van der Waals surface area contributed by atoms with E-state index >= 15 is 0 Å². The van der Waals surface area contributed by atoms with Crippen LogP contribution in [0.5, 0.6) is 5.75 Å². The molecule has 1 aromatic rings. The number of carbonyl (C=O) groups is 1. The van der Waals surface area contributed by atoms with Crippen LogP contribution in [0.2, 0.25) is 5.02 Å². The summed E-state index contributed by atoms with van der Waals surface area (Å²) in [5.74, 6) is 0.733. The maximum Gasteiger partial charge on any atom is 0.308 e. The molecule has 4 nitrogen and oxygen atoms in total. The van der Waals surface area contributed by atoms with Crippen molar-refractivity contribution in [3.8, 4) is 5.75 Å². The van der Waals surface area contributed by atoms with Crippen molar-refractivity contribution in [3.05, 3.63) is 29.3 Å². The fourth-order valence-electron chi connectivity index (χ4n) is 2.54. The molecule has 0 atom stereocenters. The Bertz CT molecular complexity index is 438. The molecule has 0 spiro atoms. The molecule has 1 fully saturated rings. The number of hydrogen-bond acceptors (Lipinski definition) is 4. The molecular weight excluding hydrogens is 292 g/mol. The van der Waals surface area contributed by atoms with Gasteiger partial charge in [-0.15, -0.1) is 0 Å². The van der Waals surface area contributed by atoms with E-state index in [0.29, 0.717) is 18.2 Å². The minimum atomic E-state index is -0.0977. The average molecular weight is 313 g/mol. The van der Waals surface area contributed by atoms with E-state index in [-0.39, 0.29) is 18.0 Å². The first-order valence-electron chi connectivity index (χ1n) is 7.27. The largest absolute Gasteiger partial charge is 0.491 e. The van der Waals surface area contributed by atoms with Gasteiger partial charge in [-0.3, -0.25) is 4.79 Å². The fraction of sp³-hybridized carbons (Fsp3) is 0.562. The van der Waals surface area contributed by atoms with E-state index in [1.807, 2.05) is 12.1 Å². The predicted octanol–water partition coefficient (Wildman–Crippen LogP) is 3.47. The molecule has 1 aliphatic rings. The van der Waals surface area contributed by atoms with Crippen LogP contribution in [0.4, 0.5) is 0 Å². The third-order valence-electron chi connectivity index (χ3n) is 3.73. The summed E-state index contributed by atoms with van der Waals surface area (Å²) in [7, 11) is 1.44. The summed E-state index contributed by atoms with van der Waals surface area (Å²) >= 11 is 5.81. The first-order valence-corrected chi connectivity index (χ1v) is 7.64. The van der Waals surface area contributed by atoms with Gasteiger partial charge in [0.05, 0.1) is 25.7 Å². The first-order chi connectivity index (χ1) is 10.2. The molecular formula is C16H21ClO4. The van der Waals surface area contributed by atoms with Crippen molar-refractivity contribution < 1.29 is 19.0 Å². The van der Waals surface area contributed by atoms with E-state index in [2.05, 4.69) is 0 Å². The van der Waals surface area contributed by atoms with E-state index < -0.39 is 0 Å². The number of rotatable bonds is 6. The lowest BCUT2D eigenvalue weighted by Gasteiger charge is -2.26. The molecule has 0 saturated heterocycles. The quantitative estimate of drug-likeness (QED) is 0.596. The highest BCUT2D eigenvalue weighted by Crippen LogP contribution is 2.27. The Morgan fingerprint density at radius 3 is 2.43 bits per heavy atom. The third-order valence-corrected chi connectivity index (χ3v) is 3.98. The third kappa shape index (κ3) is 5.21. The average Bonchev–Trinajstić information content (AvgIpc) is 2.53. The highest BCUT2D eigenvalue weighted by molar-refractivity contribution is 6.30. The molecule has 0 heterocycles. The zero-order chi connectivity index (χ0) is 15.1. The van der Waals surface area contributed by atoms with Crippen molar-refractivity contribution in [3.63, 3.8) is 0 Å². The zero-order valence-corrected chi connectivity index (χ0v) is 13.0. The molecule has 0 aromatic heterocycles. The lowest BCUT2D eigenvalue weighted by molar-refractivity contribution is -0.147. The molecule has 1 aliphatic carbocycles. The van der Waals surface area contributed by atoms with E-state index in [4.69, 9.17) is 25.8 Å². The van der Waals surface area contributed by atoms with Crippen molar-refractivity contribution in [1.82, 2.24) is 0 Å². The van der Waals surface area contributed by atoms with Gasteiger partial charge in [0.2, 0.25) is 0 Å². The van der Waals surface area contributed by atoms with Gasteiger partial charge >= 0.3 is 5.97 Å². The van der Waals surface area contributed by atoms with Crippen LogP contribution in [0.15, 0.2) is 24.3 Å². The molecule has 116 valence electrons. The number of carbonyl (C=O) groups excluding carboxylic acids is 1. The van der Waals surface area contributed by atoms with Gasteiger partial charge in [-0.25, -0.2) is 0 Å². The summed E-state index contributed by atoms with van der Waals surface area (Å²) in [6, 6.07) is 7.27. The van der Waals surface area contributed by atoms with Crippen LogP contribution in [0.25, 0.3) is 0 Å². The Morgan fingerprint density at radius 1 is 1.14 bits per heavy atom. The van der Waals surface area contributed by atoms with E-state index in [0.717, 1.165) is 31.4 Å². The number of halogens is 1. The predicted molar refractivity (Wildman–Crippen MR) is 80.7 cm³/mol. The second kappa shape index (κ2) is 8.25. The normalized spacial score (nSPS) is 21.8. The maximum atomic E-state index is 11.4. The van der Waals surface area contributed by atoms with Gasteiger partial charge in [-0.1, -0.05) is 11.6 Å². The van der Waals surface area contributed by atoms with Crippen LogP contribution >= 0.6 is 11.6 Å². The van der Waals surface area contributed by atoms with Gasteiger partial charge in [-0.2, -0.15) is 0 Å². The standard InChI is InChI=1S/C16H21ClO4/c1-19-16(18)12-2-6-14(7-3-12)20-10-11-21-15-8-4-13(17)5-9-15/h4-5,8-9,12,14H,2-3,6-7,10-11H2,1H3. The molecule has 21 heavy (non-hydrogen) atoms. The van der Waals surface area contributed by atoms with Gasteiger partial charge in [0, 0.05) is 5.02 Å². The SMILES string of the molecule is COC(=O)C1CCC(OCCOc2ccc(Cl)cc2)CC1. The van der Waals surface area contributed by atoms with Crippen molar-refractivity contribution >= 4 is 17.6 Å². The number of esters is 1. The van der Waals surface area contributed by atoms with Crippen LogP contribution in [0.1, 0.15) is 25.7 Å². The Balaban J connectivity index is 1.60. The molecule has 1 saturated carbocycles. The Morgan fingerprint density at radius 2 is 1.81 bits per heavy atom. The minimum absolute atomic E-state index is 0.0418. The second-order valence-electron chi connectivity index (χ2n) is 5.17. The van der Waals surface area contributed by atoms with E-state index in [9.17, 15) is 4.79 Å². The molecule has 0 radical (unpaired) electrons. The molecule has 0 N–H and O–H groups in total. The smallest absolute Gasteiger partial charge is 0.308 e. The van der Waals surface area contributed by atoms with Gasteiger partial charge in [0.1, 0.15) is 12.4 Å². The monoisotopic (exact) mass is 312 g/mol. The summed E-state index contributed by atoms with van der Waals surface area (Å²) in [5.41, 5.74) is 0. The van der Waals surface area contributed by atoms with Gasteiger partial charge < -0.3 is 14.2 Å². The highest BCUT2D eigenvalue weighted by Gasteiger charge is 2.27. The van der Waals surface area contributed by atoms with Crippen molar-refractivity contribution in [2.75, 3.05) is 20.3 Å². The second-order valence-corrected chi connectivity index (χ2v) is 5.61. The molecule has 0 unspecified atom stereocenters. The van der Waals surface area contributed by atoms with Crippen LogP contribution in [-0.2, 0) is 14.3 Å². The minimum Gasteiger partial charge on any atom is -0.491 e. The Kier molecular flexibility index (Phi) is 6.33. The maximum absolute atomic E-state index is 11.4. The molecule has 2 rings (SSSR count). The molecule has 0 amide bonds. The fourth-order valence-corrected chi connectivity index (χ4v) is 2.66. The molecule has 0 aliphatic heterocycles. The summed E-state index contributed by atoms with van der Waals surface area (Å²) < 4.78 is 16.1. The Labute approximate surface area is 130 Å². The van der Waals surface area contributed by atoms with Gasteiger partial charge in [-0.05, 0) is 49.9 Å². The van der Waals surface area contributed by atoms with Crippen molar-refractivity contribution in [1.29, 1.82) is 0 Å². The molecule has 5 heteroatoms. The lowest BCUT2D eigenvalue weighted by atomic mass is 9.87. The van der Waals surface area contributed by atoms with Gasteiger partial charge in [0.15, 0.2) is 0 Å². The highest BCUT2D eigenvalue weighted by atomic mass is 35.5. The lowest BCUT2D eigenvalue weighted by Crippen LogP contribution is -2.28. The van der Waals surface area contributed by atoms with Crippen LogP contribution in [0, 0.1) is 5.92 Å². The van der Waals surface area contributed by atoms with Crippen LogP contribution in [0.3, 0.4) is 0 Å². The number of methoxy groups -OCH3 is 1. The number of hydrogen-bond donors (Lipinski definition) is 0. The van der Waals surface area contributed by atoms with Crippen molar-refractivity contribution in [2.24, 2.45) is 5.92 Å². The molecule has 0 bridgehead atoms. The first kappa shape index (κ1) is 16.1. The Hall–Kier alpha value is -1.26. The van der Waals surface area contributed by atoms with Crippen molar-refractivity contribution in [2.45, 2.75) is 31.8 Å².